The summed E-state index contributed by atoms with van der Waals surface area (Å²) >= 11 is 3.46. The molecule has 18 heavy (non-hydrogen) atoms. The van der Waals surface area contributed by atoms with Gasteiger partial charge in [-0.1, -0.05) is 29.8 Å². The maximum absolute atomic E-state index is 12.0. The maximum Gasteiger partial charge on any atom is 0.238 e. The Morgan fingerprint density at radius 3 is 2.17 bits per heavy atom. The Labute approximate surface area is 118 Å². The van der Waals surface area contributed by atoms with Crippen LogP contribution < -0.4 is 5.32 Å². The Kier molecular flexibility index (Phi) is 5.82. The van der Waals surface area contributed by atoms with E-state index in [0.29, 0.717) is 6.54 Å². The molecule has 1 aromatic rings. The summed E-state index contributed by atoms with van der Waals surface area (Å²) in [6, 6.07) is 4.03. The molecular weight excluding hydrogens is 292 g/mol. The lowest BCUT2D eigenvalue weighted by atomic mass is 10.1. The second-order valence-corrected chi connectivity index (χ2v) is 5.34. The second-order valence-electron chi connectivity index (χ2n) is 4.42. The van der Waals surface area contributed by atoms with Crippen LogP contribution in [-0.4, -0.2) is 30.4 Å². The monoisotopic (exact) mass is 312 g/mol. The molecule has 0 heterocycles. The van der Waals surface area contributed by atoms with Gasteiger partial charge in [0.2, 0.25) is 5.91 Å². The first-order valence-corrected chi connectivity index (χ1v) is 7.06. The topological polar surface area (TPSA) is 32.3 Å². The van der Waals surface area contributed by atoms with Gasteiger partial charge in [-0.15, -0.1) is 0 Å². The zero-order chi connectivity index (χ0) is 13.7. The summed E-state index contributed by atoms with van der Waals surface area (Å²) in [4.78, 5) is 14.1. The molecule has 0 atom stereocenters. The summed E-state index contributed by atoms with van der Waals surface area (Å²) < 4.78 is 1.04. The van der Waals surface area contributed by atoms with Crippen molar-refractivity contribution in [2.45, 2.75) is 27.7 Å². The summed E-state index contributed by atoms with van der Waals surface area (Å²) in [5.41, 5.74) is 3.08. The molecule has 100 valence electrons. The number of likely N-dealkylation sites (N-methyl/N-ethyl adjacent to an activating group) is 1. The third-order valence-corrected chi connectivity index (χ3v) is 3.48. The number of halogens is 1. The summed E-state index contributed by atoms with van der Waals surface area (Å²) in [6.07, 6.45) is 0. The predicted octanol–water partition coefficient (Wildman–Crippen LogP) is 3.35. The maximum atomic E-state index is 12.0. The molecule has 0 aromatic heterocycles. The van der Waals surface area contributed by atoms with Crippen molar-refractivity contribution < 1.29 is 4.79 Å². The third kappa shape index (κ3) is 4.10. The van der Waals surface area contributed by atoms with Gasteiger partial charge in [0, 0.05) is 10.2 Å². The fourth-order valence-corrected chi connectivity index (χ4v) is 2.62. The average Bonchev–Trinajstić information content (AvgIpc) is 2.30. The zero-order valence-electron chi connectivity index (χ0n) is 11.5. The van der Waals surface area contributed by atoms with Gasteiger partial charge in [0.1, 0.15) is 0 Å². The number of rotatable bonds is 5. The van der Waals surface area contributed by atoms with Crippen molar-refractivity contribution in [1.29, 1.82) is 0 Å². The molecule has 0 aliphatic rings. The van der Waals surface area contributed by atoms with Crippen LogP contribution in [0.25, 0.3) is 0 Å². The van der Waals surface area contributed by atoms with Gasteiger partial charge >= 0.3 is 0 Å². The molecule has 1 aromatic carbocycles. The number of amides is 1. The lowest BCUT2D eigenvalue weighted by Gasteiger charge is -2.18. The van der Waals surface area contributed by atoms with Crippen LogP contribution in [-0.2, 0) is 4.79 Å². The van der Waals surface area contributed by atoms with Crippen LogP contribution in [0, 0.1) is 13.8 Å². The van der Waals surface area contributed by atoms with Crippen molar-refractivity contribution in [3.05, 3.63) is 27.7 Å². The van der Waals surface area contributed by atoms with Crippen LogP contribution in [0.15, 0.2) is 16.6 Å². The lowest BCUT2D eigenvalue weighted by molar-refractivity contribution is -0.117. The molecule has 0 aliphatic carbocycles. The number of benzene rings is 1. The first-order valence-electron chi connectivity index (χ1n) is 6.26. The quantitative estimate of drug-likeness (QED) is 0.904. The first-order chi connectivity index (χ1) is 8.47. The smallest absolute Gasteiger partial charge is 0.238 e. The molecule has 0 saturated heterocycles. The average molecular weight is 313 g/mol. The van der Waals surface area contributed by atoms with Gasteiger partial charge in [-0.05, 0) is 50.2 Å². The van der Waals surface area contributed by atoms with Crippen molar-refractivity contribution in [3.63, 3.8) is 0 Å². The normalized spacial score (nSPS) is 10.8. The van der Waals surface area contributed by atoms with E-state index in [1.807, 2.05) is 26.0 Å². The summed E-state index contributed by atoms with van der Waals surface area (Å²) in [6.45, 7) is 10.4. The standard InChI is InChI=1S/C14H21BrN2O/c1-5-17(6-2)9-13(18)16-14-10(3)7-12(15)8-11(14)4/h7-8H,5-6,9H2,1-4H3,(H,16,18). The largest absolute Gasteiger partial charge is 0.324 e. The predicted molar refractivity (Wildman–Crippen MR) is 80.0 cm³/mol. The SMILES string of the molecule is CCN(CC)CC(=O)Nc1c(C)cc(Br)cc1C. The third-order valence-electron chi connectivity index (χ3n) is 3.02. The minimum Gasteiger partial charge on any atom is -0.324 e. The summed E-state index contributed by atoms with van der Waals surface area (Å²) in [5, 5.41) is 3.00. The number of nitrogens with zero attached hydrogens (tertiary/aromatic N) is 1. The number of carbonyl (C=O) groups excluding carboxylic acids is 1. The second kappa shape index (κ2) is 6.90. The number of aryl methyl sites for hydroxylation is 2. The lowest BCUT2D eigenvalue weighted by Crippen LogP contribution is -2.33. The molecule has 0 radical (unpaired) electrons. The van der Waals surface area contributed by atoms with Crippen molar-refractivity contribution in [1.82, 2.24) is 4.90 Å². The minimum atomic E-state index is 0.0484. The molecule has 1 amide bonds. The van der Waals surface area contributed by atoms with Crippen molar-refractivity contribution in [3.8, 4) is 0 Å². The zero-order valence-corrected chi connectivity index (χ0v) is 13.1. The van der Waals surface area contributed by atoms with Gasteiger partial charge in [-0.2, -0.15) is 0 Å². The molecule has 0 bridgehead atoms. The minimum absolute atomic E-state index is 0.0484. The van der Waals surface area contributed by atoms with Crippen molar-refractivity contribution in [2.24, 2.45) is 0 Å². The Hall–Kier alpha value is -0.870. The Bertz CT molecular complexity index is 405. The van der Waals surface area contributed by atoms with E-state index in [9.17, 15) is 4.79 Å². The summed E-state index contributed by atoms with van der Waals surface area (Å²) in [7, 11) is 0. The fraction of sp³-hybridized carbons (Fsp3) is 0.500. The van der Waals surface area contributed by atoms with Gasteiger partial charge < -0.3 is 5.32 Å². The first kappa shape index (κ1) is 15.2. The van der Waals surface area contributed by atoms with E-state index >= 15 is 0 Å². The van der Waals surface area contributed by atoms with E-state index in [-0.39, 0.29) is 5.91 Å². The van der Waals surface area contributed by atoms with Crippen molar-refractivity contribution in [2.75, 3.05) is 25.0 Å². The Morgan fingerprint density at radius 2 is 1.72 bits per heavy atom. The number of anilines is 1. The van der Waals surface area contributed by atoms with E-state index in [1.54, 1.807) is 0 Å². The fourth-order valence-electron chi connectivity index (χ4n) is 1.94. The molecular formula is C14H21BrN2O. The van der Waals surface area contributed by atoms with E-state index in [4.69, 9.17) is 0 Å². The molecule has 0 unspecified atom stereocenters. The number of nitrogens with one attached hydrogen (secondary N) is 1. The highest BCUT2D eigenvalue weighted by Crippen LogP contribution is 2.24. The number of hydrogen-bond acceptors (Lipinski definition) is 2. The van der Waals surface area contributed by atoms with E-state index in [0.717, 1.165) is 34.4 Å². The molecule has 1 rings (SSSR count). The molecule has 0 fully saturated rings. The van der Waals surface area contributed by atoms with Crippen LogP contribution in [0.1, 0.15) is 25.0 Å². The van der Waals surface area contributed by atoms with Gasteiger partial charge in [-0.25, -0.2) is 0 Å². The van der Waals surface area contributed by atoms with Crippen LogP contribution in [0.5, 0.6) is 0 Å². The molecule has 1 N–H and O–H groups in total. The Morgan fingerprint density at radius 1 is 1.22 bits per heavy atom. The highest BCUT2D eigenvalue weighted by molar-refractivity contribution is 9.10. The van der Waals surface area contributed by atoms with Gasteiger partial charge in [0.15, 0.2) is 0 Å². The summed E-state index contributed by atoms with van der Waals surface area (Å²) in [5.74, 6) is 0.0484. The Balaban J connectivity index is 2.76. The number of carbonyl (C=O) groups is 1. The van der Waals surface area contributed by atoms with Crippen LogP contribution in [0.3, 0.4) is 0 Å². The van der Waals surface area contributed by atoms with Gasteiger partial charge in [0.25, 0.3) is 0 Å². The van der Waals surface area contributed by atoms with Gasteiger partial charge in [-0.3, -0.25) is 9.69 Å². The van der Waals surface area contributed by atoms with Crippen LogP contribution in [0.4, 0.5) is 5.69 Å². The van der Waals surface area contributed by atoms with E-state index in [1.165, 1.54) is 0 Å². The van der Waals surface area contributed by atoms with Crippen LogP contribution >= 0.6 is 15.9 Å². The molecule has 4 heteroatoms. The highest BCUT2D eigenvalue weighted by atomic mass is 79.9. The molecule has 0 aliphatic heterocycles. The molecule has 3 nitrogen and oxygen atoms in total. The molecule has 0 spiro atoms. The van der Waals surface area contributed by atoms with Crippen molar-refractivity contribution >= 4 is 27.5 Å². The van der Waals surface area contributed by atoms with Gasteiger partial charge in [0.05, 0.1) is 6.54 Å². The molecule has 0 saturated carbocycles. The highest BCUT2D eigenvalue weighted by Gasteiger charge is 2.11. The van der Waals surface area contributed by atoms with E-state index < -0.39 is 0 Å². The van der Waals surface area contributed by atoms with Crippen LogP contribution in [0.2, 0.25) is 0 Å². The number of hydrogen-bond donors (Lipinski definition) is 1. The van der Waals surface area contributed by atoms with E-state index in [2.05, 4.69) is 40.0 Å².